The summed E-state index contributed by atoms with van der Waals surface area (Å²) in [5.41, 5.74) is 1.25. The van der Waals surface area contributed by atoms with Gasteiger partial charge in [0.2, 0.25) is 0 Å². The quantitative estimate of drug-likeness (QED) is 0.327. The van der Waals surface area contributed by atoms with Crippen molar-refractivity contribution in [2.24, 2.45) is 0 Å². The molecule has 0 aliphatic heterocycles. The largest absolute Gasteiger partial charge is 0.496 e. The fraction of sp³-hybridized carbons (Fsp3) is 0.227. The fourth-order valence-electron chi connectivity index (χ4n) is 3.69. The van der Waals surface area contributed by atoms with Gasteiger partial charge >= 0.3 is 6.18 Å². The Balaban J connectivity index is 1.84. The van der Waals surface area contributed by atoms with Crippen molar-refractivity contribution in [3.8, 4) is 16.9 Å². The van der Waals surface area contributed by atoms with E-state index in [1.165, 1.54) is 25.8 Å². The number of methoxy groups -OCH3 is 1. The molecule has 6 nitrogen and oxygen atoms in total. The van der Waals surface area contributed by atoms with E-state index in [0.29, 0.717) is 44.4 Å². The molecule has 1 unspecified atom stereocenters. The van der Waals surface area contributed by atoms with Gasteiger partial charge in [-0.1, -0.05) is 17.7 Å². The molecule has 0 radical (unpaired) electrons. The molecule has 2 N–H and O–H groups in total. The highest BCUT2D eigenvalue weighted by atomic mass is 35.5. The van der Waals surface area contributed by atoms with E-state index in [-0.39, 0.29) is 5.56 Å². The summed E-state index contributed by atoms with van der Waals surface area (Å²) < 4.78 is 59.5. The maximum Gasteiger partial charge on any atom is 0.419 e. The Morgan fingerprint density at radius 2 is 1.91 bits per heavy atom. The number of H-pyrrole nitrogens is 1. The molecule has 2 aromatic heterocycles. The third-order valence-electron chi connectivity index (χ3n) is 5.31. The number of anilines is 1. The number of rotatable bonds is 5. The van der Waals surface area contributed by atoms with Crippen LogP contribution in [0.5, 0.6) is 5.75 Å². The van der Waals surface area contributed by atoms with Crippen LogP contribution in [-0.4, -0.2) is 27.0 Å². The molecule has 0 spiro atoms. The molecule has 11 heteroatoms. The first-order valence-corrected chi connectivity index (χ1v) is 10.1. The van der Waals surface area contributed by atoms with Crippen molar-refractivity contribution in [2.45, 2.75) is 26.1 Å². The van der Waals surface area contributed by atoms with Crippen LogP contribution >= 0.6 is 11.6 Å². The Bertz CT molecular complexity index is 1340. The Labute approximate surface area is 191 Å². The minimum atomic E-state index is -4.85. The van der Waals surface area contributed by atoms with Crippen LogP contribution in [0.2, 0.25) is 5.02 Å². The fourth-order valence-corrected chi connectivity index (χ4v) is 3.90. The van der Waals surface area contributed by atoms with Gasteiger partial charge in [-0.15, -0.1) is 0 Å². The van der Waals surface area contributed by atoms with E-state index < -0.39 is 23.6 Å². The number of nitrogens with one attached hydrogen (secondary N) is 2. The van der Waals surface area contributed by atoms with Gasteiger partial charge in [-0.05, 0) is 43.2 Å². The van der Waals surface area contributed by atoms with Crippen molar-refractivity contribution in [3.05, 3.63) is 64.5 Å². The summed E-state index contributed by atoms with van der Waals surface area (Å²) in [6.45, 7) is 3.49. The standard InChI is InChI=1S/C22H18ClF4N5O/c1-10-15(23)7-13(11(2)32-21-18-20(29-8-28-18)30-9-31-21)19(33-3)17(10)12-4-5-16(24)14(6-12)22(25,26)27/h4-9,11H,1-3H3,(H2,28,29,30,31,32). The lowest BCUT2D eigenvalue weighted by Gasteiger charge is -2.23. The van der Waals surface area contributed by atoms with Gasteiger partial charge in [0.1, 0.15) is 23.4 Å². The highest BCUT2D eigenvalue weighted by Crippen LogP contribution is 2.44. The smallest absolute Gasteiger partial charge is 0.419 e. The molecule has 0 saturated heterocycles. The number of ether oxygens (including phenoxy) is 1. The summed E-state index contributed by atoms with van der Waals surface area (Å²) in [6, 6.07) is 4.06. The highest BCUT2D eigenvalue weighted by Gasteiger charge is 2.35. The predicted molar refractivity (Wildman–Crippen MR) is 117 cm³/mol. The second-order valence-corrected chi connectivity index (χ2v) is 7.77. The number of hydrogen-bond donors (Lipinski definition) is 2. The van der Waals surface area contributed by atoms with E-state index in [1.54, 1.807) is 13.0 Å². The topological polar surface area (TPSA) is 75.7 Å². The lowest BCUT2D eigenvalue weighted by molar-refractivity contribution is -0.139. The van der Waals surface area contributed by atoms with E-state index in [2.05, 4.69) is 25.3 Å². The molecule has 4 rings (SSSR count). The highest BCUT2D eigenvalue weighted by molar-refractivity contribution is 6.32. The molecular weight excluding hydrogens is 462 g/mol. The summed E-state index contributed by atoms with van der Waals surface area (Å²) in [5.74, 6) is -0.564. The number of nitrogens with zero attached hydrogens (tertiary/aromatic N) is 3. The molecule has 0 fully saturated rings. The van der Waals surface area contributed by atoms with Gasteiger partial charge in [0, 0.05) is 16.1 Å². The molecular formula is C22H18ClF4N5O. The number of aromatic nitrogens is 4. The zero-order chi connectivity index (χ0) is 23.9. The maximum absolute atomic E-state index is 13.9. The van der Waals surface area contributed by atoms with Gasteiger partial charge < -0.3 is 15.0 Å². The molecule has 0 saturated carbocycles. The number of hydrogen-bond acceptors (Lipinski definition) is 5. The molecule has 2 heterocycles. The SMILES string of the molecule is COc1c(C(C)Nc2ncnc3nc[nH]c23)cc(Cl)c(C)c1-c1ccc(F)c(C(F)(F)F)c1. The number of halogens is 5. The third-order valence-corrected chi connectivity index (χ3v) is 5.70. The van der Waals surface area contributed by atoms with Crippen molar-refractivity contribution in [3.63, 3.8) is 0 Å². The zero-order valence-electron chi connectivity index (χ0n) is 17.7. The summed E-state index contributed by atoms with van der Waals surface area (Å²) in [6.07, 6.45) is -2.00. The van der Waals surface area contributed by atoms with E-state index in [4.69, 9.17) is 16.3 Å². The van der Waals surface area contributed by atoms with Crippen LogP contribution in [0.15, 0.2) is 36.9 Å². The lowest BCUT2D eigenvalue weighted by Crippen LogP contribution is -2.12. The Kier molecular flexibility index (Phi) is 5.87. The van der Waals surface area contributed by atoms with Crippen LogP contribution in [0.25, 0.3) is 22.3 Å². The van der Waals surface area contributed by atoms with Gasteiger partial charge in [0.05, 0.1) is 25.0 Å². The molecule has 172 valence electrons. The van der Waals surface area contributed by atoms with Crippen LogP contribution in [0.4, 0.5) is 23.4 Å². The van der Waals surface area contributed by atoms with E-state index in [1.807, 2.05) is 6.92 Å². The third kappa shape index (κ3) is 4.18. The Hall–Kier alpha value is -3.40. The molecule has 0 bridgehead atoms. The van der Waals surface area contributed by atoms with Crippen molar-refractivity contribution >= 4 is 28.6 Å². The summed E-state index contributed by atoms with van der Waals surface area (Å²) in [7, 11) is 1.41. The molecule has 1 atom stereocenters. The van der Waals surface area contributed by atoms with Crippen molar-refractivity contribution in [1.29, 1.82) is 0 Å². The van der Waals surface area contributed by atoms with E-state index in [9.17, 15) is 17.6 Å². The monoisotopic (exact) mass is 479 g/mol. The zero-order valence-corrected chi connectivity index (χ0v) is 18.4. The Morgan fingerprint density at radius 1 is 1.15 bits per heavy atom. The van der Waals surface area contributed by atoms with Crippen LogP contribution < -0.4 is 10.1 Å². The molecule has 0 aliphatic carbocycles. The average molecular weight is 480 g/mol. The van der Waals surface area contributed by atoms with Crippen LogP contribution in [0.1, 0.15) is 29.7 Å². The summed E-state index contributed by atoms with van der Waals surface area (Å²) in [4.78, 5) is 15.4. The first kappa shape index (κ1) is 22.8. The molecule has 2 aromatic carbocycles. The van der Waals surface area contributed by atoms with Crippen molar-refractivity contribution < 1.29 is 22.3 Å². The maximum atomic E-state index is 13.9. The minimum Gasteiger partial charge on any atom is -0.496 e. The number of benzene rings is 2. The Morgan fingerprint density at radius 3 is 2.61 bits per heavy atom. The van der Waals surface area contributed by atoms with Crippen molar-refractivity contribution in [1.82, 2.24) is 19.9 Å². The van der Waals surface area contributed by atoms with Gasteiger partial charge in [0.25, 0.3) is 0 Å². The van der Waals surface area contributed by atoms with Crippen LogP contribution in [0, 0.1) is 12.7 Å². The second-order valence-electron chi connectivity index (χ2n) is 7.36. The summed E-state index contributed by atoms with van der Waals surface area (Å²) >= 11 is 6.46. The van der Waals surface area contributed by atoms with Gasteiger partial charge in [0.15, 0.2) is 11.5 Å². The number of imidazole rings is 1. The molecule has 4 aromatic rings. The predicted octanol–water partition coefficient (Wildman–Crippen LogP) is 6.32. The molecule has 33 heavy (non-hydrogen) atoms. The number of fused-ring (bicyclic) bond motifs is 1. The normalized spacial score (nSPS) is 12.7. The summed E-state index contributed by atoms with van der Waals surface area (Å²) in [5, 5.41) is 3.55. The minimum absolute atomic E-state index is 0.131. The van der Waals surface area contributed by atoms with Crippen LogP contribution in [-0.2, 0) is 6.18 Å². The van der Waals surface area contributed by atoms with Gasteiger partial charge in [-0.2, -0.15) is 13.2 Å². The lowest BCUT2D eigenvalue weighted by atomic mass is 9.92. The first-order valence-electron chi connectivity index (χ1n) is 9.76. The van der Waals surface area contributed by atoms with Crippen LogP contribution in [0.3, 0.4) is 0 Å². The number of alkyl halides is 3. The second kappa shape index (κ2) is 8.51. The first-order chi connectivity index (χ1) is 15.6. The molecule has 0 aliphatic rings. The molecule has 0 amide bonds. The average Bonchev–Trinajstić information content (AvgIpc) is 3.25. The van der Waals surface area contributed by atoms with E-state index in [0.717, 1.165) is 12.1 Å². The van der Waals surface area contributed by atoms with E-state index >= 15 is 0 Å². The number of aromatic amines is 1. The van der Waals surface area contributed by atoms with Gasteiger partial charge in [-0.25, -0.2) is 19.3 Å². The van der Waals surface area contributed by atoms with Gasteiger partial charge in [-0.3, -0.25) is 0 Å². The van der Waals surface area contributed by atoms with Crippen molar-refractivity contribution in [2.75, 3.05) is 12.4 Å².